The Balaban J connectivity index is 1.30. The molecule has 150 valence electrons. The van der Waals surface area contributed by atoms with Crippen LogP contribution in [0.1, 0.15) is 47.9 Å². The van der Waals surface area contributed by atoms with E-state index >= 15 is 0 Å². The smallest absolute Gasteiger partial charge is 0.243 e. The maximum absolute atomic E-state index is 13.1. The minimum absolute atomic E-state index is 0.0253. The number of aromatic nitrogens is 2. The van der Waals surface area contributed by atoms with Crippen LogP contribution in [-0.2, 0) is 19.3 Å². The van der Waals surface area contributed by atoms with E-state index in [0.29, 0.717) is 0 Å². The van der Waals surface area contributed by atoms with Crippen molar-refractivity contribution in [2.75, 3.05) is 37.6 Å². The lowest BCUT2D eigenvalue weighted by atomic mass is 9.94. The third-order valence-corrected chi connectivity index (χ3v) is 6.01. The molecular weight excluding hydrogens is 355 g/mol. The number of anilines is 1. The second kappa shape index (κ2) is 8.43. The highest BCUT2D eigenvalue weighted by atomic mass is 19.1. The average molecular weight is 384 g/mol. The SMILES string of the molecule is CC(=O)n1nc2c(c1CCCN1CCN(c3ccc(F)cc3)CC1)CCCC2. The zero-order chi connectivity index (χ0) is 19.5. The van der Waals surface area contributed by atoms with Crippen LogP contribution in [0.2, 0.25) is 0 Å². The second-order valence-electron chi connectivity index (χ2n) is 7.92. The Bertz CT molecular complexity index is 822. The predicted molar refractivity (Wildman–Crippen MR) is 109 cm³/mol. The van der Waals surface area contributed by atoms with Crippen molar-refractivity contribution in [1.29, 1.82) is 0 Å². The maximum Gasteiger partial charge on any atom is 0.243 e. The molecule has 1 aliphatic heterocycles. The third-order valence-electron chi connectivity index (χ3n) is 6.01. The zero-order valence-corrected chi connectivity index (χ0v) is 16.7. The van der Waals surface area contributed by atoms with E-state index in [0.717, 1.165) is 75.5 Å². The largest absolute Gasteiger partial charge is 0.369 e. The first-order valence-electron chi connectivity index (χ1n) is 10.5. The van der Waals surface area contributed by atoms with Gasteiger partial charge in [0.15, 0.2) is 0 Å². The Hall–Kier alpha value is -2.21. The van der Waals surface area contributed by atoms with Gasteiger partial charge in [-0.25, -0.2) is 9.07 Å². The lowest BCUT2D eigenvalue weighted by molar-refractivity contribution is 0.0916. The molecule has 0 radical (unpaired) electrons. The monoisotopic (exact) mass is 384 g/mol. The van der Waals surface area contributed by atoms with E-state index in [1.54, 1.807) is 11.6 Å². The number of piperazine rings is 1. The summed E-state index contributed by atoms with van der Waals surface area (Å²) < 4.78 is 14.8. The molecular formula is C22H29FN4O. The number of halogens is 1. The quantitative estimate of drug-likeness (QED) is 0.793. The van der Waals surface area contributed by atoms with Crippen LogP contribution in [0.3, 0.4) is 0 Å². The Labute approximate surface area is 166 Å². The fraction of sp³-hybridized carbons (Fsp3) is 0.545. The van der Waals surface area contributed by atoms with Gasteiger partial charge < -0.3 is 4.90 Å². The number of carbonyl (C=O) groups excluding carboxylic acids is 1. The minimum atomic E-state index is -0.186. The van der Waals surface area contributed by atoms with Gasteiger partial charge in [-0.15, -0.1) is 0 Å². The molecule has 2 aromatic rings. The van der Waals surface area contributed by atoms with Crippen molar-refractivity contribution < 1.29 is 9.18 Å². The Morgan fingerprint density at radius 1 is 1.07 bits per heavy atom. The van der Waals surface area contributed by atoms with E-state index in [9.17, 15) is 9.18 Å². The molecule has 1 fully saturated rings. The number of hydrogen-bond acceptors (Lipinski definition) is 4. The molecule has 0 bridgehead atoms. The molecule has 4 rings (SSSR count). The van der Waals surface area contributed by atoms with Crippen molar-refractivity contribution >= 4 is 11.6 Å². The second-order valence-corrected chi connectivity index (χ2v) is 7.92. The van der Waals surface area contributed by atoms with Crippen molar-refractivity contribution in [1.82, 2.24) is 14.7 Å². The van der Waals surface area contributed by atoms with E-state index < -0.39 is 0 Å². The van der Waals surface area contributed by atoms with Gasteiger partial charge in [0.1, 0.15) is 5.82 Å². The van der Waals surface area contributed by atoms with E-state index in [2.05, 4.69) is 14.9 Å². The molecule has 1 aromatic carbocycles. The first-order chi connectivity index (χ1) is 13.6. The van der Waals surface area contributed by atoms with E-state index in [-0.39, 0.29) is 11.7 Å². The molecule has 0 amide bonds. The van der Waals surface area contributed by atoms with Crippen molar-refractivity contribution in [2.24, 2.45) is 0 Å². The summed E-state index contributed by atoms with van der Waals surface area (Å²) in [5.41, 5.74) is 4.72. The third kappa shape index (κ3) is 4.12. The average Bonchev–Trinajstić information content (AvgIpc) is 3.08. The molecule has 0 atom stereocenters. The number of rotatable bonds is 5. The molecule has 0 N–H and O–H groups in total. The highest BCUT2D eigenvalue weighted by molar-refractivity contribution is 5.76. The van der Waals surface area contributed by atoms with Crippen molar-refractivity contribution in [3.05, 3.63) is 47.0 Å². The molecule has 2 aliphatic rings. The van der Waals surface area contributed by atoms with Crippen molar-refractivity contribution in [2.45, 2.75) is 45.4 Å². The predicted octanol–water partition coefficient (Wildman–Crippen LogP) is 3.32. The van der Waals surface area contributed by atoms with Gasteiger partial charge in [-0.1, -0.05) is 0 Å². The van der Waals surface area contributed by atoms with Crippen LogP contribution in [0.25, 0.3) is 0 Å². The van der Waals surface area contributed by atoms with Crippen LogP contribution in [0.4, 0.5) is 10.1 Å². The topological polar surface area (TPSA) is 41.4 Å². The Morgan fingerprint density at radius 2 is 1.79 bits per heavy atom. The molecule has 28 heavy (non-hydrogen) atoms. The lowest BCUT2D eigenvalue weighted by Gasteiger charge is -2.36. The molecule has 1 aromatic heterocycles. The summed E-state index contributed by atoms with van der Waals surface area (Å²) in [6, 6.07) is 6.77. The van der Waals surface area contributed by atoms with Crippen LogP contribution >= 0.6 is 0 Å². The summed E-state index contributed by atoms with van der Waals surface area (Å²) >= 11 is 0. The highest BCUT2D eigenvalue weighted by Gasteiger charge is 2.22. The van der Waals surface area contributed by atoms with E-state index in [4.69, 9.17) is 0 Å². The highest BCUT2D eigenvalue weighted by Crippen LogP contribution is 2.25. The van der Waals surface area contributed by atoms with Crippen LogP contribution in [0.15, 0.2) is 24.3 Å². The van der Waals surface area contributed by atoms with Gasteiger partial charge in [0.05, 0.1) is 11.4 Å². The van der Waals surface area contributed by atoms with Crippen LogP contribution < -0.4 is 4.90 Å². The van der Waals surface area contributed by atoms with Gasteiger partial charge in [-0.3, -0.25) is 9.69 Å². The molecule has 1 aliphatic carbocycles. The summed E-state index contributed by atoms with van der Waals surface area (Å²) in [4.78, 5) is 16.8. The zero-order valence-electron chi connectivity index (χ0n) is 16.7. The molecule has 0 saturated carbocycles. The number of benzene rings is 1. The van der Waals surface area contributed by atoms with Gasteiger partial charge in [0.2, 0.25) is 5.91 Å². The number of nitrogens with zero attached hydrogens (tertiary/aromatic N) is 4. The maximum atomic E-state index is 13.1. The van der Waals surface area contributed by atoms with E-state index in [1.807, 2.05) is 12.1 Å². The minimum Gasteiger partial charge on any atom is -0.369 e. The molecule has 5 nitrogen and oxygen atoms in total. The number of hydrogen-bond donors (Lipinski definition) is 0. The first kappa shape index (κ1) is 19.1. The molecule has 2 heterocycles. The summed E-state index contributed by atoms with van der Waals surface area (Å²) in [5.74, 6) is -0.160. The normalized spacial score (nSPS) is 17.6. The standard InChI is InChI=1S/C22H29FN4O/c1-17(28)27-22(20-5-2-3-6-21(20)24-27)7-4-12-25-13-15-26(16-14-25)19-10-8-18(23)9-11-19/h8-11H,2-7,12-16H2,1H3. The van der Waals surface area contributed by atoms with Crippen molar-refractivity contribution in [3.8, 4) is 0 Å². The summed E-state index contributed by atoms with van der Waals surface area (Å²) in [7, 11) is 0. The Morgan fingerprint density at radius 3 is 2.50 bits per heavy atom. The molecule has 1 saturated heterocycles. The fourth-order valence-corrected chi connectivity index (χ4v) is 4.49. The van der Waals surface area contributed by atoms with Crippen LogP contribution in [0.5, 0.6) is 0 Å². The van der Waals surface area contributed by atoms with Gasteiger partial charge in [0.25, 0.3) is 0 Å². The summed E-state index contributed by atoms with van der Waals surface area (Å²) in [6.07, 6.45) is 6.42. The summed E-state index contributed by atoms with van der Waals surface area (Å²) in [5, 5.41) is 4.59. The Kier molecular flexibility index (Phi) is 5.76. The van der Waals surface area contributed by atoms with E-state index in [1.165, 1.54) is 30.5 Å². The molecule has 6 heteroatoms. The van der Waals surface area contributed by atoms with Crippen LogP contribution in [-0.4, -0.2) is 53.3 Å². The number of aryl methyl sites for hydroxylation is 1. The summed E-state index contributed by atoms with van der Waals surface area (Å²) in [6.45, 7) is 6.60. The fourth-order valence-electron chi connectivity index (χ4n) is 4.49. The van der Waals surface area contributed by atoms with Gasteiger partial charge in [-0.2, -0.15) is 5.10 Å². The van der Waals surface area contributed by atoms with Crippen LogP contribution in [0, 0.1) is 5.82 Å². The van der Waals surface area contributed by atoms with Gasteiger partial charge >= 0.3 is 0 Å². The molecule has 0 spiro atoms. The van der Waals surface area contributed by atoms with Gasteiger partial charge in [-0.05, 0) is 74.9 Å². The lowest BCUT2D eigenvalue weighted by Crippen LogP contribution is -2.46. The van der Waals surface area contributed by atoms with Gasteiger partial charge in [0, 0.05) is 38.8 Å². The number of carbonyl (C=O) groups is 1. The number of fused-ring (bicyclic) bond motifs is 1. The first-order valence-corrected chi connectivity index (χ1v) is 10.5. The van der Waals surface area contributed by atoms with Crippen molar-refractivity contribution in [3.63, 3.8) is 0 Å². The molecule has 0 unspecified atom stereocenters.